The molecule has 1 amide bonds. The molecule has 2 aliphatic heterocycles. The van der Waals surface area contributed by atoms with E-state index in [0.29, 0.717) is 11.6 Å². The summed E-state index contributed by atoms with van der Waals surface area (Å²) in [4.78, 5) is 28.7. The second-order valence-corrected chi connectivity index (χ2v) is 8.49. The van der Waals surface area contributed by atoms with Crippen molar-refractivity contribution in [1.82, 2.24) is 24.7 Å². The zero-order valence-electron chi connectivity index (χ0n) is 16.5. The van der Waals surface area contributed by atoms with Gasteiger partial charge < -0.3 is 4.90 Å². The molecule has 0 unspecified atom stereocenters. The van der Waals surface area contributed by atoms with Crippen LogP contribution in [0.5, 0.6) is 0 Å². The van der Waals surface area contributed by atoms with E-state index in [1.165, 1.54) is 45.2 Å². The number of amides is 1. The first-order valence-electron chi connectivity index (χ1n) is 10.8. The zero-order valence-corrected chi connectivity index (χ0v) is 16.5. The number of piperazine rings is 1. The molecule has 0 radical (unpaired) electrons. The first kappa shape index (κ1) is 18.0. The van der Waals surface area contributed by atoms with E-state index in [-0.39, 0.29) is 5.91 Å². The maximum Gasteiger partial charge on any atom is 0.254 e. The molecule has 3 heterocycles. The fourth-order valence-corrected chi connectivity index (χ4v) is 5.04. The SMILES string of the molecule is O=C(c1ccc2nccnc2c1)N1CC(N2CCN(C3CCCCC3)CC2)C1. The summed E-state index contributed by atoms with van der Waals surface area (Å²) < 4.78 is 0. The Bertz CT molecular complexity index is 836. The molecule has 28 heavy (non-hydrogen) atoms. The van der Waals surface area contributed by atoms with Crippen molar-refractivity contribution in [2.24, 2.45) is 0 Å². The van der Waals surface area contributed by atoms with E-state index < -0.39 is 0 Å². The topological polar surface area (TPSA) is 52.6 Å². The van der Waals surface area contributed by atoms with Gasteiger partial charge in [-0.1, -0.05) is 19.3 Å². The number of carbonyl (C=O) groups is 1. The highest BCUT2D eigenvalue weighted by Gasteiger charge is 2.37. The van der Waals surface area contributed by atoms with E-state index in [1.54, 1.807) is 12.4 Å². The van der Waals surface area contributed by atoms with Crippen LogP contribution in [0.1, 0.15) is 42.5 Å². The van der Waals surface area contributed by atoms with Gasteiger partial charge in [0.25, 0.3) is 5.91 Å². The Hall–Kier alpha value is -2.05. The zero-order chi connectivity index (χ0) is 18.9. The highest BCUT2D eigenvalue weighted by Crippen LogP contribution is 2.25. The Kier molecular flexibility index (Phi) is 4.99. The number of aromatic nitrogens is 2. The fraction of sp³-hybridized carbons (Fsp3) is 0.591. The van der Waals surface area contributed by atoms with Crippen molar-refractivity contribution in [1.29, 1.82) is 0 Å². The van der Waals surface area contributed by atoms with Crippen molar-refractivity contribution < 1.29 is 4.79 Å². The Morgan fingerprint density at radius 1 is 0.821 bits per heavy atom. The van der Waals surface area contributed by atoms with Gasteiger partial charge in [0.2, 0.25) is 0 Å². The average molecular weight is 380 g/mol. The minimum Gasteiger partial charge on any atom is -0.335 e. The molecule has 6 nitrogen and oxygen atoms in total. The van der Waals surface area contributed by atoms with E-state index >= 15 is 0 Å². The molecule has 6 heteroatoms. The highest BCUT2D eigenvalue weighted by molar-refractivity contribution is 5.97. The molecule has 1 aromatic heterocycles. The molecule has 2 saturated heterocycles. The third-order valence-corrected chi connectivity index (χ3v) is 6.82. The average Bonchev–Trinajstić information content (AvgIpc) is 2.73. The van der Waals surface area contributed by atoms with E-state index in [4.69, 9.17) is 0 Å². The van der Waals surface area contributed by atoms with Gasteiger partial charge in [0, 0.05) is 69.3 Å². The predicted molar refractivity (Wildman–Crippen MR) is 109 cm³/mol. The van der Waals surface area contributed by atoms with Gasteiger partial charge in [0.05, 0.1) is 11.0 Å². The van der Waals surface area contributed by atoms with Gasteiger partial charge in [0.1, 0.15) is 0 Å². The van der Waals surface area contributed by atoms with Crippen molar-refractivity contribution in [3.8, 4) is 0 Å². The van der Waals surface area contributed by atoms with Gasteiger partial charge in [-0.3, -0.25) is 24.6 Å². The largest absolute Gasteiger partial charge is 0.335 e. The molecule has 3 aliphatic rings. The van der Waals surface area contributed by atoms with E-state index in [0.717, 1.165) is 43.3 Å². The second kappa shape index (κ2) is 7.76. The number of likely N-dealkylation sites (tertiary alicyclic amines) is 1. The summed E-state index contributed by atoms with van der Waals surface area (Å²) in [5.41, 5.74) is 2.33. The number of benzene rings is 1. The van der Waals surface area contributed by atoms with Crippen LogP contribution in [0.4, 0.5) is 0 Å². The first-order valence-corrected chi connectivity index (χ1v) is 10.8. The van der Waals surface area contributed by atoms with Crippen LogP contribution in [0.25, 0.3) is 11.0 Å². The van der Waals surface area contributed by atoms with Crippen LogP contribution in [0.3, 0.4) is 0 Å². The van der Waals surface area contributed by atoms with E-state index in [2.05, 4.69) is 19.8 Å². The first-order chi connectivity index (χ1) is 13.8. The van der Waals surface area contributed by atoms with Gasteiger partial charge in [-0.05, 0) is 31.0 Å². The van der Waals surface area contributed by atoms with Gasteiger partial charge in [-0.25, -0.2) is 0 Å². The lowest BCUT2D eigenvalue weighted by atomic mass is 9.93. The fourth-order valence-electron chi connectivity index (χ4n) is 5.04. The molecule has 0 bridgehead atoms. The molecule has 0 N–H and O–H groups in total. The number of fused-ring (bicyclic) bond motifs is 1. The Morgan fingerprint density at radius 3 is 2.18 bits per heavy atom. The van der Waals surface area contributed by atoms with Crippen molar-refractivity contribution in [2.75, 3.05) is 39.3 Å². The van der Waals surface area contributed by atoms with Crippen molar-refractivity contribution in [2.45, 2.75) is 44.2 Å². The third-order valence-electron chi connectivity index (χ3n) is 6.82. The maximum atomic E-state index is 12.8. The van der Waals surface area contributed by atoms with Crippen LogP contribution < -0.4 is 0 Å². The lowest BCUT2D eigenvalue weighted by molar-refractivity contribution is -0.00262. The molecule has 148 valence electrons. The quantitative estimate of drug-likeness (QED) is 0.820. The van der Waals surface area contributed by atoms with Crippen molar-refractivity contribution in [3.05, 3.63) is 36.2 Å². The molecule has 0 spiro atoms. The number of hydrogen-bond acceptors (Lipinski definition) is 5. The standard InChI is InChI=1S/C22H29N5O/c28-22(17-6-7-20-21(14-17)24-9-8-23-20)27-15-19(16-27)26-12-10-25(11-13-26)18-4-2-1-3-5-18/h6-9,14,18-19H,1-5,10-13,15-16H2. The van der Waals surface area contributed by atoms with Gasteiger partial charge in [0.15, 0.2) is 0 Å². The van der Waals surface area contributed by atoms with Crippen LogP contribution in [0, 0.1) is 0 Å². The van der Waals surface area contributed by atoms with Crippen LogP contribution in [-0.2, 0) is 0 Å². The molecular formula is C22H29N5O. The molecule has 2 aromatic rings. The van der Waals surface area contributed by atoms with Crippen molar-refractivity contribution >= 4 is 16.9 Å². The van der Waals surface area contributed by atoms with Crippen molar-refractivity contribution in [3.63, 3.8) is 0 Å². The predicted octanol–water partition coefficient (Wildman–Crippen LogP) is 2.40. The summed E-state index contributed by atoms with van der Waals surface area (Å²) in [6, 6.07) is 6.97. The Labute approximate surface area is 166 Å². The lowest BCUT2D eigenvalue weighted by Crippen LogP contribution is -2.64. The molecular weight excluding hydrogens is 350 g/mol. The highest BCUT2D eigenvalue weighted by atomic mass is 16.2. The summed E-state index contributed by atoms with van der Waals surface area (Å²) in [7, 11) is 0. The molecule has 1 aliphatic carbocycles. The second-order valence-electron chi connectivity index (χ2n) is 8.49. The minimum atomic E-state index is 0.115. The van der Waals surface area contributed by atoms with Gasteiger partial charge >= 0.3 is 0 Å². The normalized spacial score (nSPS) is 23.1. The third kappa shape index (κ3) is 3.51. The Morgan fingerprint density at radius 2 is 1.46 bits per heavy atom. The molecule has 3 fully saturated rings. The van der Waals surface area contributed by atoms with E-state index in [9.17, 15) is 4.79 Å². The molecule has 1 saturated carbocycles. The summed E-state index contributed by atoms with van der Waals surface area (Å²) in [5.74, 6) is 0.115. The van der Waals surface area contributed by atoms with Gasteiger partial charge in [-0.15, -0.1) is 0 Å². The monoisotopic (exact) mass is 379 g/mol. The Balaban J connectivity index is 1.13. The van der Waals surface area contributed by atoms with E-state index in [1.807, 2.05) is 23.1 Å². The summed E-state index contributed by atoms with van der Waals surface area (Å²) in [6.45, 7) is 6.38. The number of rotatable bonds is 3. The molecule has 0 atom stereocenters. The van der Waals surface area contributed by atoms with Crippen LogP contribution in [-0.4, -0.2) is 81.9 Å². The molecule has 1 aromatic carbocycles. The van der Waals surface area contributed by atoms with Crippen LogP contribution in [0.15, 0.2) is 30.6 Å². The smallest absolute Gasteiger partial charge is 0.254 e. The lowest BCUT2D eigenvalue weighted by Gasteiger charge is -2.49. The maximum absolute atomic E-state index is 12.8. The van der Waals surface area contributed by atoms with Gasteiger partial charge in [-0.2, -0.15) is 0 Å². The van der Waals surface area contributed by atoms with Crippen LogP contribution >= 0.6 is 0 Å². The molecule has 5 rings (SSSR count). The number of carbonyl (C=O) groups excluding carboxylic acids is 1. The minimum absolute atomic E-state index is 0.115. The number of nitrogens with zero attached hydrogens (tertiary/aromatic N) is 5. The number of hydrogen-bond donors (Lipinski definition) is 0. The van der Waals surface area contributed by atoms with Crippen LogP contribution in [0.2, 0.25) is 0 Å². The summed E-state index contributed by atoms with van der Waals surface area (Å²) >= 11 is 0. The summed E-state index contributed by atoms with van der Waals surface area (Å²) in [6.07, 6.45) is 10.4. The summed E-state index contributed by atoms with van der Waals surface area (Å²) in [5, 5.41) is 0.